The molecule has 2 heterocycles. The molecule has 0 saturated heterocycles. The van der Waals surface area contributed by atoms with Crippen molar-refractivity contribution in [2.75, 3.05) is 5.32 Å². The first-order valence-corrected chi connectivity index (χ1v) is 7.12. The molecule has 1 amide bonds. The molecular weight excluding hydrogens is 332 g/mol. The molecule has 2 N–H and O–H groups in total. The first-order chi connectivity index (χ1) is 9.01. The normalized spacial score (nSPS) is 10.4. The lowest BCUT2D eigenvalue weighted by Crippen LogP contribution is -2.15. The molecule has 0 saturated carbocycles. The lowest BCUT2D eigenvalue weighted by Gasteiger charge is -2.05. The standard InChI is InChI=1S/C12H11BrN2O3S/c1-2-15-6-7(13)5-8(15)11(16)14-10-4-3-9(19-10)12(17)18/h3-6H,2H2,1H3,(H,14,16)(H,17,18). The van der Waals surface area contributed by atoms with Crippen molar-refractivity contribution in [2.24, 2.45) is 0 Å². The molecule has 2 aromatic rings. The zero-order chi connectivity index (χ0) is 14.0. The van der Waals surface area contributed by atoms with Gasteiger partial charge in [-0.3, -0.25) is 4.79 Å². The van der Waals surface area contributed by atoms with Gasteiger partial charge in [0.15, 0.2) is 0 Å². The summed E-state index contributed by atoms with van der Waals surface area (Å²) in [5.74, 6) is -1.25. The van der Waals surface area contributed by atoms with Crippen molar-refractivity contribution in [1.29, 1.82) is 0 Å². The van der Waals surface area contributed by atoms with Crippen molar-refractivity contribution >= 4 is 44.1 Å². The van der Waals surface area contributed by atoms with Crippen LogP contribution in [0.25, 0.3) is 0 Å². The fourth-order valence-electron chi connectivity index (χ4n) is 1.62. The van der Waals surface area contributed by atoms with Crippen LogP contribution in [0.2, 0.25) is 0 Å². The number of nitrogens with zero attached hydrogens (tertiary/aromatic N) is 1. The first kappa shape index (κ1) is 13.8. The molecule has 0 aliphatic carbocycles. The van der Waals surface area contributed by atoms with E-state index < -0.39 is 5.97 Å². The van der Waals surface area contributed by atoms with Crippen molar-refractivity contribution in [2.45, 2.75) is 13.5 Å². The summed E-state index contributed by atoms with van der Waals surface area (Å²) < 4.78 is 2.64. The first-order valence-electron chi connectivity index (χ1n) is 5.51. The van der Waals surface area contributed by atoms with Crippen molar-refractivity contribution in [3.8, 4) is 0 Å². The molecule has 0 bridgehead atoms. The minimum atomic E-state index is -0.995. The Bertz CT molecular complexity index is 633. The number of halogens is 1. The Kier molecular flexibility index (Phi) is 4.06. The zero-order valence-electron chi connectivity index (χ0n) is 10.0. The number of carbonyl (C=O) groups excluding carboxylic acids is 1. The van der Waals surface area contributed by atoms with Crippen LogP contribution in [0.3, 0.4) is 0 Å². The SMILES string of the molecule is CCn1cc(Br)cc1C(=O)Nc1ccc(C(=O)O)s1. The van der Waals surface area contributed by atoms with Crippen LogP contribution < -0.4 is 5.32 Å². The Balaban J connectivity index is 2.18. The van der Waals surface area contributed by atoms with E-state index in [1.54, 1.807) is 12.1 Å². The molecule has 0 aliphatic rings. The fraction of sp³-hybridized carbons (Fsp3) is 0.167. The Morgan fingerprint density at radius 2 is 2.21 bits per heavy atom. The third-order valence-corrected chi connectivity index (χ3v) is 3.91. The van der Waals surface area contributed by atoms with Gasteiger partial charge in [0.05, 0.1) is 5.00 Å². The maximum absolute atomic E-state index is 12.1. The second kappa shape index (κ2) is 5.58. The second-order valence-electron chi connectivity index (χ2n) is 3.75. The number of hydrogen-bond donors (Lipinski definition) is 2. The lowest BCUT2D eigenvalue weighted by molar-refractivity contribution is 0.0702. The molecule has 100 valence electrons. The summed E-state index contributed by atoms with van der Waals surface area (Å²) in [5.41, 5.74) is 0.527. The number of rotatable bonds is 4. The smallest absolute Gasteiger partial charge is 0.345 e. The molecule has 5 nitrogen and oxygen atoms in total. The highest BCUT2D eigenvalue weighted by Crippen LogP contribution is 2.23. The van der Waals surface area contributed by atoms with E-state index in [1.165, 1.54) is 6.07 Å². The summed E-state index contributed by atoms with van der Waals surface area (Å²) in [4.78, 5) is 23.1. The van der Waals surface area contributed by atoms with Crippen LogP contribution in [0.4, 0.5) is 5.00 Å². The van der Waals surface area contributed by atoms with Crippen molar-refractivity contribution in [1.82, 2.24) is 4.57 Å². The van der Waals surface area contributed by atoms with Crippen LogP contribution in [-0.2, 0) is 6.54 Å². The van der Waals surface area contributed by atoms with E-state index in [9.17, 15) is 9.59 Å². The van der Waals surface area contributed by atoms with Gasteiger partial charge in [0.1, 0.15) is 10.6 Å². The van der Waals surface area contributed by atoms with E-state index in [0.717, 1.165) is 15.8 Å². The molecule has 19 heavy (non-hydrogen) atoms. The van der Waals surface area contributed by atoms with Crippen LogP contribution in [0.15, 0.2) is 28.9 Å². The minimum absolute atomic E-state index is 0.197. The Hall–Kier alpha value is -1.60. The van der Waals surface area contributed by atoms with Gasteiger partial charge in [0.25, 0.3) is 5.91 Å². The largest absolute Gasteiger partial charge is 0.477 e. The molecule has 7 heteroatoms. The Labute approximate surface area is 122 Å². The highest BCUT2D eigenvalue weighted by Gasteiger charge is 2.14. The maximum atomic E-state index is 12.1. The Morgan fingerprint density at radius 3 is 2.79 bits per heavy atom. The van der Waals surface area contributed by atoms with Gasteiger partial charge in [-0.2, -0.15) is 0 Å². The summed E-state index contributed by atoms with van der Waals surface area (Å²) in [6.07, 6.45) is 1.83. The van der Waals surface area contributed by atoms with Gasteiger partial charge < -0.3 is 15.0 Å². The van der Waals surface area contributed by atoms with Gasteiger partial charge in [-0.15, -0.1) is 11.3 Å². The average molecular weight is 343 g/mol. The molecule has 2 rings (SSSR count). The number of aromatic carboxylic acids is 1. The number of thiophene rings is 1. The molecule has 0 unspecified atom stereocenters. The van der Waals surface area contributed by atoms with E-state index in [1.807, 2.05) is 17.7 Å². The van der Waals surface area contributed by atoms with Crippen LogP contribution in [0.5, 0.6) is 0 Å². The monoisotopic (exact) mass is 342 g/mol. The number of anilines is 1. The summed E-state index contributed by atoms with van der Waals surface area (Å²) in [5, 5.41) is 12.0. The van der Waals surface area contributed by atoms with Crippen LogP contribution in [0.1, 0.15) is 27.1 Å². The average Bonchev–Trinajstić information content (AvgIpc) is 2.95. The molecular formula is C12H11BrN2O3S. The number of hydrogen-bond acceptors (Lipinski definition) is 3. The summed E-state index contributed by atoms with van der Waals surface area (Å²) in [6.45, 7) is 2.62. The van der Waals surface area contributed by atoms with E-state index in [0.29, 0.717) is 17.2 Å². The topological polar surface area (TPSA) is 71.3 Å². The third kappa shape index (κ3) is 3.05. The van der Waals surface area contributed by atoms with E-state index in [-0.39, 0.29) is 10.8 Å². The van der Waals surface area contributed by atoms with Gasteiger partial charge in [-0.1, -0.05) is 0 Å². The minimum Gasteiger partial charge on any atom is -0.477 e. The Morgan fingerprint density at radius 1 is 1.47 bits per heavy atom. The summed E-state index contributed by atoms with van der Waals surface area (Å²) in [7, 11) is 0. The van der Waals surface area contributed by atoms with E-state index >= 15 is 0 Å². The van der Waals surface area contributed by atoms with Gasteiger partial charge in [-0.05, 0) is 41.1 Å². The number of carbonyl (C=O) groups is 2. The zero-order valence-corrected chi connectivity index (χ0v) is 12.4. The number of amides is 1. The fourth-order valence-corrected chi connectivity index (χ4v) is 2.83. The molecule has 0 radical (unpaired) electrons. The molecule has 0 aliphatic heterocycles. The van der Waals surface area contributed by atoms with Crippen LogP contribution in [-0.4, -0.2) is 21.6 Å². The van der Waals surface area contributed by atoms with Gasteiger partial charge >= 0.3 is 5.97 Å². The van der Waals surface area contributed by atoms with Gasteiger partial charge in [-0.25, -0.2) is 4.79 Å². The summed E-state index contributed by atoms with van der Waals surface area (Å²) >= 11 is 4.36. The third-order valence-electron chi connectivity index (χ3n) is 2.49. The number of nitrogens with one attached hydrogen (secondary N) is 1. The highest BCUT2D eigenvalue weighted by molar-refractivity contribution is 9.10. The van der Waals surface area contributed by atoms with Gasteiger partial charge in [0, 0.05) is 17.2 Å². The van der Waals surface area contributed by atoms with Crippen molar-refractivity contribution < 1.29 is 14.7 Å². The predicted octanol–water partition coefficient (Wildman–Crippen LogP) is 3.28. The summed E-state index contributed by atoms with van der Waals surface area (Å²) in [6, 6.07) is 4.78. The maximum Gasteiger partial charge on any atom is 0.345 e. The highest BCUT2D eigenvalue weighted by atomic mass is 79.9. The predicted molar refractivity (Wildman–Crippen MR) is 77.0 cm³/mol. The second-order valence-corrected chi connectivity index (χ2v) is 5.75. The van der Waals surface area contributed by atoms with E-state index in [4.69, 9.17) is 5.11 Å². The number of carboxylic acids is 1. The van der Waals surface area contributed by atoms with Crippen molar-refractivity contribution in [3.05, 3.63) is 39.4 Å². The number of aromatic nitrogens is 1. The van der Waals surface area contributed by atoms with Crippen molar-refractivity contribution in [3.63, 3.8) is 0 Å². The molecule has 0 aromatic carbocycles. The molecule has 0 spiro atoms. The number of aryl methyl sites for hydroxylation is 1. The van der Waals surface area contributed by atoms with Gasteiger partial charge in [0.2, 0.25) is 0 Å². The quantitative estimate of drug-likeness (QED) is 0.895. The number of carboxylic acid groups (broad SMARTS) is 1. The lowest BCUT2D eigenvalue weighted by atomic mass is 10.4. The molecule has 0 atom stereocenters. The molecule has 2 aromatic heterocycles. The van der Waals surface area contributed by atoms with E-state index in [2.05, 4.69) is 21.2 Å². The molecule has 0 fully saturated rings. The van der Waals surface area contributed by atoms with Crippen LogP contribution >= 0.6 is 27.3 Å². The van der Waals surface area contributed by atoms with Crippen LogP contribution in [0, 0.1) is 0 Å².